The quantitative estimate of drug-likeness (QED) is 0.884. The molecule has 1 N–H and O–H groups in total. The van der Waals surface area contributed by atoms with E-state index >= 15 is 0 Å². The fourth-order valence-corrected chi connectivity index (χ4v) is 4.41. The van der Waals surface area contributed by atoms with Crippen molar-refractivity contribution < 1.29 is 5.11 Å². The molecular formula is C11H11BrOS2. The predicted molar refractivity (Wildman–Crippen MR) is 69.7 cm³/mol. The third kappa shape index (κ3) is 1.91. The van der Waals surface area contributed by atoms with Crippen LogP contribution in [0.3, 0.4) is 0 Å². The molecule has 15 heavy (non-hydrogen) atoms. The molecule has 0 aliphatic carbocycles. The molecule has 0 amide bonds. The molecule has 1 atom stereocenters. The van der Waals surface area contributed by atoms with Crippen molar-refractivity contribution in [3.05, 3.63) is 42.7 Å². The van der Waals surface area contributed by atoms with Crippen LogP contribution in [-0.4, -0.2) is 5.11 Å². The summed E-state index contributed by atoms with van der Waals surface area (Å²) in [4.78, 5) is 1.02. The molecule has 0 saturated heterocycles. The molecule has 0 aromatic carbocycles. The standard InChI is InChI=1S/C11H11BrOS2/c1-7-3-4-15-10(7)11(2,13)8-5-14-6-9(8)12/h3-6,13H,1-2H3. The fourth-order valence-electron chi connectivity index (χ4n) is 1.62. The summed E-state index contributed by atoms with van der Waals surface area (Å²) in [5, 5.41) is 16.6. The van der Waals surface area contributed by atoms with E-state index < -0.39 is 5.60 Å². The average Bonchev–Trinajstić information content (AvgIpc) is 2.73. The van der Waals surface area contributed by atoms with E-state index in [9.17, 15) is 5.11 Å². The Labute approximate surface area is 106 Å². The summed E-state index contributed by atoms with van der Waals surface area (Å²) in [6.45, 7) is 3.87. The molecule has 0 spiro atoms. The number of rotatable bonds is 2. The molecule has 2 rings (SSSR count). The van der Waals surface area contributed by atoms with Crippen molar-refractivity contribution in [1.29, 1.82) is 0 Å². The smallest absolute Gasteiger partial charge is 0.123 e. The minimum absolute atomic E-state index is 0.892. The third-order valence-corrected chi connectivity index (χ3v) is 5.37. The van der Waals surface area contributed by atoms with Gasteiger partial charge in [-0.3, -0.25) is 0 Å². The summed E-state index contributed by atoms with van der Waals surface area (Å²) in [7, 11) is 0. The molecule has 0 aliphatic heterocycles. The van der Waals surface area contributed by atoms with Crippen LogP contribution in [0.1, 0.15) is 22.9 Å². The van der Waals surface area contributed by atoms with E-state index in [4.69, 9.17) is 0 Å². The van der Waals surface area contributed by atoms with Crippen molar-refractivity contribution in [2.45, 2.75) is 19.4 Å². The van der Waals surface area contributed by atoms with Gasteiger partial charge in [0.1, 0.15) is 5.60 Å². The lowest BCUT2D eigenvalue weighted by molar-refractivity contribution is 0.105. The third-order valence-electron chi connectivity index (χ3n) is 2.44. The van der Waals surface area contributed by atoms with Crippen LogP contribution in [0.15, 0.2) is 26.7 Å². The van der Waals surface area contributed by atoms with E-state index in [2.05, 4.69) is 15.9 Å². The van der Waals surface area contributed by atoms with Gasteiger partial charge in [-0.1, -0.05) is 0 Å². The van der Waals surface area contributed by atoms with E-state index in [0.717, 1.165) is 20.5 Å². The van der Waals surface area contributed by atoms with Crippen LogP contribution in [0.4, 0.5) is 0 Å². The van der Waals surface area contributed by atoms with Crippen molar-refractivity contribution in [2.75, 3.05) is 0 Å². The first kappa shape index (κ1) is 11.3. The average molecular weight is 303 g/mol. The van der Waals surface area contributed by atoms with Gasteiger partial charge in [-0.15, -0.1) is 11.3 Å². The summed E-state index contributed by atoms with van der Waals surface area (Å²) in [5.74, 6) is 0. The van der Waals surface area contributed by atoms with Crippen LogP contribution in [0.2, 0.25) is 0 Å². The van der Waals surface area contributed by atoms with Crippen LogP contribution in [-0.2, 0) is 5.60 Å². The van der Waals surface area contributed by atoms with E-state index in [0.29, 0.717) is 0 Å². The Kier molecular flexibility index (Phi) is 3.03. The highest BCUT2D eigenvalue weighted by Gasteiger charge is 2.30. The number of aliphatic hydroxyl groups is 1. The highest BCUT2D eigenvalue weighted by Crippen LogP contribution is 2.39. The molecule has 80 valence electrons. The zero-order valence-electron chi connectivity index (χ0n) is 8.45. The Balaban J connectivity index is 2.53. The molecule has 0 radical (unpaired) electrons. The highest BCUT2D eigenvalue weighted by atomic mass is 79.9. The fraction of sp³-hybridized carbons (Fsp3) is 0.273. The topological polar surface area (TPSA) is 20.2 Å². The van der Waals surface area contributed by atoms with Crippen LogP contribution >= 0.6 is 38.6 Å². The first-order valence-electron chi connectivity index (χ1n) is 4.52. The first-order valence-corrected chi connectivity index (χ1v) is 7.14. The van der Waals surface area contributed by atoms with Gasteiger partial charge in [0, 0.05) is 20.3 Å². The van der Waals surface area contributed by atoms with Crippen molar-refractivity contribution in [2.24, 2.45) is 0 Å². The number of aryl methyl sites for hydroxylation is 1. The van der Waals surface area contributed by atoms with Crippen molar-refractivity contribution in [3.8, 4) is 0 Å². The van der Waals surface area contributed by atoms with Gasteiger partial charge in [0.2, 0.25) is 0 Å². The van der Waals surface area contributed by atoms with Crippen LogP contribution in [0, 0.1) is 6.92 Å². The number of hydrogen-bond acceptors (Lipinski definition) is 3. The Hall–Kier alpha value is -0.160. The van der Waals surface area contributed by atoms with Crippen molar-refractivity contribution in [1.82, 2.24) is 0 Å². The maximum Gasteiger partial charge on any atom is 0.123 e. The molecule has 0 saturated carbocycles. The largest absolute Gasteiger partial charge is 0.380 e. The summed E-state index contributed by atoms with van der Waals surface area (Å²) >= 11 is 6.66. The summed E-state index contributed by atoms with van der Waals surface area (Å²) < 4.78 is 0.977. The summed E-state index contributed by atoms with van der Waals surface area (Å²) in [6.07, 6.45) is 0. The first-order chi connectivity index (χ1) is 7.03. The number of halogens is 1. The van der Waals surface area contributed by atoms with Gasteiger partial charge in [0.15, 0.2) is 0 Å². The van der Waals surface area contributed by atoms with Gasteiger partial charge in [-0.05, 0) is 52.2 Å². The molecular weight excluding hydrogens is 292 g/mol. The second-order valence-corrected chi connectivity index (χ2v) is 6.15. The predicted octanol–water partition coefficient (Wildman–Crippen LogP) is 4.14. The molecule has 0 aliphatic rings. The van der Waals surface area contributed by atoms with Crippen molar-refractivity contribution in [3.63, 3.8) is 0 Å². The molecule has 0 bridgehead atoms. The van der Waals surface area contributed by atoms with Crippen LogP contribution in [0.5, 0.6) is 0 Å². The van der Waals surface area contributed by atoms with Gasteiger partial charge < -0.3 is 5.11 Å². The number of hydrogen-bond donors (Lipinski definition) is 1. The Morgan fingerprint density at radius 2 is 2.13 bits per heavy atom. The molecule has 2 aromatic rings. The maximum absolute atomic E-state index is 10.6. The van der Waals surface area contributed by atoms with E-state index in [1.807, 2.05) is 36.1 Å². The molecule has 2 heterocycles. The summed E-state index contributed by atoms with van der Waals surface area (Å²) in [6, 6.07) is 2.04. The SMILES string of the molecule is Cc1ccsc1C(C)(O)c1cscc1Br. The lowest BCUT2D eigenvalue weighted by Crippen LogP contribution is -2.22. The molecule has 1 nitrogen and oxygen atoms in total. The maximum atomic E-state index is 10.6. The minimum Gasteiger partial charge on any atom is -0.380 e. The molecule has 1 unspecified atom stereocenters. The molecule has 0 fully saturated rings. The van der Waals surface area contributed by atoms with E-state index in [1.54, 1.807) is 22.7 Å². The van der Waals surface area contributed by atoms with E-state index in [-0.39, 0.29) is 0 Å². The molecule has 4 heteroatoms. The normalized spacial score (nSPS) is 15.2. The Bertz CT molecular complexity index is 428. The van der Waals surface area contributed by atoms with E-state index in [1.165, 1.54) is 0 Å². The van der Waals surface area contributed by atoms with Gasteiger partial charge in [-0.25, -0.2) is 0 Å². The summed E-state index contributed by atoms with van der Waals surface area (Å²) in [5.41, 5.74) is 1.19. The Morgan fingerprint density at radius 3 is 2.60 bits per heavy atom. The monoisotopic (exact) mass is 302 g/mol. The van der Waals surface area contributed by atoms with Gasteiger partial charge in [-0.2, -0.15) is 11.3 Å². The van der Waals surface area contributed by atoms with Crippen LogP contribution in [0.25, 0.3) is 0 Å². The van der Waals surface area contributed by atoms with Gasteiger partial charge >= 0.3 is 0 Å². The lowest BCUT2D eigenvalue weighted by atomic mass is 9.95. The van der Waals surface area contributed by atoms with Gasteiger partial charge in [0.05, 0.1) is 0 Å². The van der Waals surface area contributed by atoms with Crippen LogP contribution < -0.4 is 0 Å². The highest BCUT2D eigenvalue weighted by molar-refractivity contribution is 9.10. The zero-order valence-corrected chi connectivity index (χ0v) is 11.7. The minimum atomic E-state index is -0.892. The zero-order chi connectivity index (χ0) is 11.1. The Morgan fingerprint density at radius 1 is 1.40 bits per heavy atom. The second-order valence-electron chi connectivity index (χ2n) is 3.64. The van der Waals surface area contributed by atoms with Gasteiger partial charge in [0.25, 0.3) is 0 Å². The molecule has 2 aromatic heterocycles. The van der Waals surface area contributed by atoms with Crippen molar-refractivity contribution >= 4 is 38.6 Å². The lowest BCUT2D eigenvalue weighted by Gasteiger charge is -2.23. The second kappa shape index (κ2) is 4.01. The number of thiophene rings is 2.